The van der Waals surface area contributed by atoms with Crippen molar-refractivity contribution in [1.82, 2.24) is 9.55 Å². The molecule has 1 unspecified atom stereocenters. The van der Waals surface area contributed by atoms with Crippen LogP contribution in [0.4, 0.5) is 0 Å². The number of carbonyl (C=O) groups excluding carboxylic acids is 3. The van der Waals surface area contributed by atoms with Crippen molar-refractivity contribution in [3.63, 3.8) is 0 Å². The zero-order valence-electron chi connectivity index (χ0n) is 22.4. The monoisotopic (exact) mass is 570 g/mol. The third-order valence-corrected chi connectivity index (χ3v) is 6.60. The zero-order chi connectivity index (χ0) is 29.6. The number of hydrogen-bond donors (Lipinski definition) is 1. The second-order valence-electron chi connectivity index (χ2n) is 9.48. The van der Waals surface area contributed by atoms with Crippen molar-refractivity contribution in [2.24, 2.45) is 0 Å². The predicted molar refractivity (Wildman–Crippen MR) is 148 cm³/mol. The molecule has 0 amide bonds. The summed E-state index contributed by atoms with van der Waals surface area (Å²) in [5, 5.41) is 0. The van der Waals surface area contributed by atoms with E-state index in [1.54, 1.807) is 78.9 Å². The largest absolute Gasteiger partial charge is 0.459 e. The summed E-state index contributed by atoms with van der Waals surface area (Å²) in [5.74, 6) is -2.19. The first-order chi connectivity index (χ1) is 20.3. The van der Waals surface area contributed by atoms with Gasteiger partial charge in [-0.1, -0.05) is 54.6 Å². The van der Waals surface area contributed by atoms with Crippen LogP contribution in [0.1, 0.15) is 42.9 Å². The number of H-pyrrole nitrogens is 1. The minimum absolute atomic E-state index is 0.183. The molecule has 1 aliphatic heterocycles. The van der Waals surface area contributed by atoms with Gasteiger partial charge in [-0.25, -0.2) is 19.2 Å². The first-order valence-electron chi connectivity index (χ1n) is 13.0. The molecule has 3 aromatic carbocycles. The van der Waals surface area contributed by atoms with E-state index in [-0.39, 0.29) is 22.3 Å². The fraction of sp³-hybridized carbons (Fsp3) is 0.194. The molecule has 1 N–H and O–H groups in total. The molecule has 5 rings (SSSR count). The summed E-state index contributed by atoms with van der Waals surface area (Å²) in [6.07, 6.45) is -3.96. The Bertz CT molecular complexity index is 1680. The van der Waals surface area contributed by atoms with Gasteiger partial charge in [0.1, 0.15) is 12.7 Å². The Hall–Kier alpha value is -5.29. The summed E-state index contributed by atoms with van der Waals surface area (Å²) >= 11 is 0. The fourth-order valence-electron chi connectivity index (χ4n) is 4.46. The van der Waals surface area contributed by atoms with E-state index in [1.807, 2.05) is 0 Å². The Labute approximate surface area is 239 Å². The summed E-state index contributed by atoms with van der Waals surface area (Å²) in [6, 6.07) is 24.4. The van der Waals surface area contributed by atoms with Crippen LogP contribution in [0.5, 0.6) is 0 Å². The van der Waals surface area contributed by atoms with Crippen molar-refractivity contribution in [2.75, 3.05) is 6.61 Å². The average Bonchev–Trinajstić information content (AvgIpc) is 3.34. The van der Waals surface area contributed by atoms with Crippen LogP contribution in [0.15, 0.2) is 107 Å². The first kappa shape index (κ1) is 28.2. The summed E-state index contributed by atoms with van der Waals surface area (Å²) < 4.78 is 24.3. The number of esters is 3. The molecular formula is C31H26N2O9. The van der Waals surface area contributed by atoms with Crippen LogP contribution in [0.3, 0.4) is 0 Å². The Balaban J connectivity index is 1.52. The van der Waals surface area contributed by atoms with Gasteiger partial charge >= 0.3 is 23.6 Å². The number of rotatable bonds is 8. The molecule has 2 heterocycles. The lowest BCUT2D eigenvalue weighted by molar-refractivity contribution is -0.0640. The maximum atomic E-state index is 13.2. The molecule has 214 valence electrons. The molecular weight excluding hydrogens is 544 g/mol. The number of aromatic amines is 1. The van der Waals surface area contributed by atoms with Gasteiger partial charge in [0.05, 0.1) is 16.7 Å². The van der Waals surface area contributed by atoms with Crippen molar-refractivity contribution >= 4 is 17.9 Å². The number of hydrogen-bond acceptors (Lipinski definition) is 9. The number of aromatic nitrogens is 2. The smallest absolute Gasteiger partial charge is 0.338 e. The number of carbonyl (C=O) groups is 3. The van der Waals surface area contributed by atoms with Gasteiger partial charge in [-0.15, -0.1) is 0 Å². The topological polar surface area (TPSA) is 143 Å². The zero-order valence-corrected chi connectivity index (χ0v) is 22.4. The van der Waals surface area contributed by atoms with Crippen molar-refractivity contribution in [1.29, 1.82) is 0 Å². The summed E-state index contributed by atoms with van der Waals surface area (Å²) in [6.45, 7) is 1.08. The third kappa shape index (κ3) is 6.21. The van der Waals surface area contributed by atoms with Crippen LogP contribution < -0.4 is 11.2 Å². The van der Waals surface area contributed by atoms with Crippen LogP contribution in [-0.4, -0.2) is 52.4 Å². The van der Waals surface area contributed by atoms with Gasteiger partial charge in [-0.3, -0.25) is 14.3 Å². The van der Waals surface area contributed by atoms with E-state index in [4.69, 9.17) is 18.9 Å². The quantitative estimate of drug-likeness (QED) is 0.250. The van der Waals surface area contributed by atoms with Crippen molar-refractivity contribution < 1.29 is 33.3 Å². The number of nitrogens with zero attached hydrogens (tertiary/aromatic N) is 1. The van der Waals surface area contributed by atoms with Gasteiger partial charge in [0.2, 0.25) is 0 Å². The number of nitrogens with one attached hydrogen (secondary N) is 1. The van der Waals surface area contributed by atoms with Gasteiger partial charge < -0.3 is 18.9 Å². The maximum absolute atomic E-state index is 13.2. The molecule has 1 fully saturated rings. The van der Waals surface area contributed by atoms with Crippen LogP contribution in [0.2, 0.25) is 0 Å². The molecule has 1 saturated heterocycles. The highest BCUT2D eigenvalue weighted by Crippen LogP contribution is 2.34. The minimum atomic E-state index is -1.38. The molecule has 1 aliphatic rings. The van der Waals surface area contributed by atoms with Crippen molar-refractivity contribution in [3.8, 4) is 0 Å². The Morgan fingerprint density at radius 1 is 0.738 bits per heavy atom. The van der Waals surface area contributed by atoms with Crippen molar-refractivity contribution in [3.05, 3.63) is 140 Å². The number of ether oxygens (including phenoxy) is 4. The van der Waals surface area contributed by atoms with Gasteiger partial charge in [-0.2, -0.15) is 0 Å². The average molecular weight is 571 g/mol. The summed E-state index contributed by atoms with van der Waals surface area (Å²) in [5.41, 5.74) is -0.564. The predicted octanol–water partition coefficient (Wildman–Crippen LogP) is 3.05. The van der Waals surface area contributed by atoms with E-state index in [2.05, 4.69) is 4.98 Å². The summed E-state index contributed by atoms with van der Waals surface area (Å²) in [7, 11) is 0. The van der Waals surface area contributed by atoms with Gasteiger partial charge in [-0.05, 0) is 43.3 Å². The SMILES string of the molecule is Cc1cn([C@@H]2O[C@H](COC(=O)c3ccccc3)[C@@H](OC(=O)c3ccccc3)C2OC(=O)c2ccccc2)c(=O)[nH]c1=O. The highest BCUT2D eigenvalue weighted by Gasteiger charge is 2.51. The molecule has 11 heteroatoms. The normalized spacial score (nSPS) is 19.5. The molecule has 0 saturated carbocycles. The van der Waals surface area contributed by atoms with E-state index in [9.17, 15) is 24.0 Å². The van der Waals surface area contributed by atoms with Gasteiger partial charge in [0.15, 0.2) is 18.4 Å². The van der Waals surface area contributed by atoms with Crippen LogP contribution >= 0.6 is 0 Å². The van der Waals surface area contributed by atoms with E-state index in [0.29, 0.717) is 0 Å². The second kappa shape index (κ2) is 12.5. The minimum Gasteiger partial charge on any atom is -0.459 e. The van der Waals surface area contributed by atoms with E-state index in [1.165, 1.54) is 25.3 Å². The van der Waals surface area contributed by atoms with E-state index >= 15 is 0 Å². The van der Waals surface area contributed by atoms with Crippen molar-refractivity contribution in [2.45, 2.75) is 31.5 Å². The highest BCUT2D eigenvalue weighted by atomic mass is 16.7. The molecule has 42 heavy (non-hydrogen) atoms. The molecule has 1 aromatic heterocycles. The molecule has 11 nitrogen and oxygen atoms in total. The Kier molecular flexibility index (Phi) is 8.39. The van der Waals surface area contributed by atoms with Crippen LogP contribution in [-0.2, 0) is 18.9 Å². The fourth-order valence-corrected chi connectivity index (χ4v) is 4.46. The molecule has 4 atom stereocenters. The first-order valence-corrected chi connectivity index (χ1v) is 13.0. The number of benzene rings is 3. The van der Waals surface area contributed by atoms with Gasteiger partial charge in [0, 0.05) is 11.8 Å². The van der Waals surface area contributed by atoms with E-state index < -0.39 is 60.3 Å². The Morgan fingerprint density at radius 2 is 1.21 bits per heavy atom. The standard InChI is InChI=1S/C31H26N2O9/c1-19-17-33(31(38)32-26(19)34)27-25(42-30(37)22-15-9-4-10-16-22)24(41-29(36)21-13-7-3-8-14-21)23(40-27)18-39-28(35)20-11-5-2-6-12-20/h2-17,23-25,27H,18H2,1H3,(H,32,34,38)/t23-,24-,25?,27-/m1/s1. The lowest BCUT2D eigenvalue weighted by Gasteiger charge is -2.25. The molecule has 0 bridgehead atoms. The lowest BCUT2D eigenvalue weighted by Crippen LogP contribution is -2.43. The van der Waals surface area contributed by atoms with E-state index in [0.717, 1.165) is 4.57 Å². The molecule has 0 aliphatic carbocycles. The molecule has 4 aromatic rings. The van der Waals surface area contributed by atoms with Crippen LogP contribution in [0, 0.1) is 6.92 Å². The summed E-state index contributed by atoms with van der Waals surface area (Å²) in [4.78, 5) is 66.2. The van der Waals surface area contributed by atoms with Gasteiger partial charge in [0.25, 0.3) is 5.56 Å². The Morgan fingerprint density at radius 3 is 1.74 bits per heavy atom. The van der Waals surface area contributed by atoms with Crippen LogP contribution in [0.25, 0.3) is 0 Å². The second-order valence-corrected chi connectivity index (χ2v) is 9.48. The molecule has 0 spiro atoms. The number of aryl methyl sites for hydroxylation is 1. The lowest BCUT2D eigenvalue weighted by atomic mass is 10.1. The maximum Gasteiger partial charge on any atom is 0.338 e. The third-order valence-electron chi connectivity index (χ3n) is 6.60. The molecule has 0 radical (unpaired) electrons. The highest BCUT2D eigenvalue weighted by molar-refractivity contribution is 5.91.